The first kappa shape index (κ1) is 11.4. The molecule has 2 heterocycles. The van der Waals surface area contributed by atoms with Crippen molar-refractivity contribution >= 4 is 5.69 Å². The molecule has 2 rings (SSSR count). The van der Waals surface area contributed by atoms with E-state index in [1.165, 1.54) is 24.9 Å². The van der Waals surface area contributed by atoms with Gasteiger partial charge in [-0.1, -0.05) is 6.92 Å². The van der Waals surface area contributed by atoms with Crippen LogP contribution in [-0.2, 0) is 6.54 Å². The molecule has 1 aliphatic heterocycles. The van der Waals surface area contributed by atoms with Gasteiger partial charge in [0.25, 0.3) is 0 Å². The van der Waals surface area contributed by atoms with Crippen LogP contribution in [0.25, 0.3) is 0 Å². The lowest BCUT2D eigenvalue weighted by atomic mass is 10.1. The summed E-state index contributed by atoms with van der Waals surface area (Å²) in [5.41, 5.74) is 8.23. The highest BCUT2D eigenvalue weighted by Gasteiger charge is 2.30. The molecule has 1 fully saturated rings. The monoisotopic (exact) mass is 219 g/mol. The summed E-state index contributed by atoms with van der Waals surface area (Å²) in [5, 5.41) is 0. The van der Waals surface area contributed by atoms with Crippen LogP contribution in [0.3, 0.4) is 0 Å². The Bertz CT molecular complexity index is 351. The minimum Gasteiger partial charge on any atom is -0.365 e. The number of rotatable bonds is 3. The molecule has 0 amide bonds. The summed E-state index contributed by atoms with van der Waals surface area (Å²) in [6.07, 6.45) is 7.55. The van der Waals surface area contributed by atoms with Crippen LogP contribution in [0.1, 0.15) is 38.7 Å². The fraction of sp³-hybridized carbons (Fsp3) is 0.615. The lowest BCUT2D eigenvalue weighted by Gasteiger charge is -2.31. The third-order valence-corrected chi connectivity index (χ3v) is 3.63. The molecule has 3 nitrogen and oxygen atoms in total. The molecule has 0 aliphatic carbocycles. The van der Waals surface area contributed by atoms with Gasteiger partial charge in [0.1, 0.15) is 0 Å². The molecule has 2 atom stereocenters. The number of hydrogen-bond acceptors (Lipinski definition) is 3. The van der Waals surface area contributed by atoms with Crippen molar-refractivity contribution in [2.45, 2.75) is 51.7 Å². The van der Waals surface area contributed by atoms with Gasteiger partial charge >= 0.3 is 0 Å². The minimum atomic E-state index is 0.572. The van der Waals surface area contributed by atoms with Crippen LogP contribution >= 0.6 is 0 Å². The molecule has 1 aliphatic rings. The number of nitrogens with two attached hydrogens (primary N) is 1. The fourth-order valence-electron chi connectivity index (χ4n) is 2.74. The van der Waals surface area contributed by atoms with Crippen LogP contribution in [0.15, 0.2) is 18.5 Å². The number of hydrogen-bond donors (Lipinski definition) is 1. The zero-order valence-corrected chi connectivity index (χ0v) is 10.2. The van der Waals surface area contributed by atoms with Gasteiger partial charge in [0, 0.05) is 42.3 Å². The van der Waals surface area contributed by atoms with Gasteiger partial charge in [0.05, 0.1) is 0 Å². The first-order valence-electron chi connectivity index (χ1n) is 6.19. The summed E-state index contributed by atoms with van der Waals surface area (Å²) in [7, 11) is 0. The molecular weight excluding hydrogens is 198 g/mol. The lowest BCUT2D eigenvalue weighted by molar-refractivity contribution is 0.625. The van der Waals surface area contributed by atoms with Gasteiger partial charge < -0.3 is 10.6 Å². The second-order valence-electron chi connectivity index (χ2n) is 4.60. The van der Waals surface area contributed by atoms with Crippen molar-refractivity contribution < 1.29 is 0 Å². The number of nitrogens with zero attached hydrogens (tertiary/aromatic N) is 2. The van der Waals surface area contributed by atoms with Gasteiger partial charge in [0.15, 0.2) is 0 Å². The zero-order chi connectivity index (χ0) is 11.5. The Morgan fingerprint density at radius 2 is 2.31 bits per heavy atom. The maximum atomic E-state index is 5.78. The van der Waals surface area contributed by atoms with Crippen LogP contribution in [0.5, 0.6) is 0 Å². The molecule has 2 N–H and O–H groups in total. The van der Waals surface area contributed by atoms with E-state index in [0.29, 0.717) is 18.6 Å². The Balaban J connectivity index is 2.34. The first-order valence-corrected chi connectivity index (χ1v) is 6.19. The summed E-state index contributed by atoms with van der Waals surface area (Å²) in [4.78, 5) is 6.69. The standard InChI is InChI=1S/C13H21N3/c1-3-12-5-4-10(2)16(12)13-6-7-15-9-11(13)8-14/h6-7,9-10,12H,3-5,8,14H2,1-2H3. The molecular formula is C13H21N3. The Morgan fingerprint density at radius 1 is 1.50 bits per heavy atom. The van der Waals surface area contributed by atoms with Gasteiger partial charge in [-0.3, -0.25) is 4.98 Å². The van der Waals surface area contributed by atoms with E-state index < -0.39 is 0 Å². The van der Waals surface area contributed by atoms with Crippen molar-refractivity contribution in [3.05, 3.63) is 24.0 Å². The van der Waals surface area contributed by atoms with Crippen molar-refractivity contribution in [2.24, 2.45) is 5.73 Å². The summed E-state index contributed by atoms with van der Waals surface area (Å²) in [6, 6.07) is 3.40. The number of pyridine rings is 1. The topological polar surface area (TPSA) is 42.2 Å². The van der Waals surface area contributed by atoms with E-state index in [4.69, 9.17) is 5.73 Å². The van der Waals surface area contributed by atoms with E-state index in [-0.39, 0.29) is 0 Å². The largest absolute Gasteiger partial charge is 0.365 e. The van der Waals surface area contributed by atoms with Gasteiger partial charge in [-0.15, -0.1) is 0 Å². The van der Waals surface area contributed by atoms with Gasteiger partial charge in [-0.25, -0.2) is 0 Å². The van der Waals surface area contributed by atoms with E-state index in [9.17, 15) is 0 Å². The molecule has 0 aromatic carbocycles. The second-order valence-corrected chi connectivity index (χ2v) is 4.60. The van der Waals surface area contributed by atoms with Crippen LogP contribution < -0.4 is 10.6 Å². The third-order valence-electron chi connectivity index (χ3n) is 3.63. The van der Waals surface area contributed by atoms with Crippen molar-refractivity contribution in [3.8, 4) is 0 Å². The summed E-state index contributed by atoms with van der Waals surface area (Å²) in [5.74, 6) is 0. The summed E-state index contributed by atoms with van der Waals surface area (Å²) >= 11 is 0. The summed E-state index contributed by atoms with van der Waals surface area (Å²) in [6.45, 7) is 5.14. The smallest absolute Gasteiger partial charge is 0.0447 e. The molecule has 0 radical (unpaired) electrons. The Kier molecular flexibility index (Phi) is 3.44. The highest BCUT2D eigenvalue weighted by molar-refractivity contribution is 5.54. The zero-order valence-electron chi connectivity index (χ0n) is 10.2. The molecule has 88 valence electrons. The Labute approximate surface area is 97.7 Å². The van der Waals surface area contributed by atoms with E-state index >= 15 is 0 Å². The normalized spacial score (nSPS) is 25.1. The van der Waals surface area contributed by atoms with Gasteiger partial charge in [0.2, 0.25) is 0 Å². The Morgan fingerprint density at radius 3 is 3.00 bits per heavy atom. The number of anilines is 1. The fourth-order valence-corrected chi connectivity index (χ4v) is 2.74. The van der Waals surface area contributed by atoms with Gasteiger partial charge in [-0.2, -0.15) is 0 Å². The van der Waals surface area contributed by atoms with Crippen LogP contribution in [0.2, 0.25) is 0 Å². The highest BCUT2D eigenvalue weighted by atomic mass is 15.2. The van der Waals surface area contributed by atoms with Crippen molar-refractivity contribution in [1.29, 1.82) is 0 Å². The lowest BCUT2D eigenvalue weighted by Crippen LogP contribution is -2.35. The van der Waals surface area contributed by atoms with Crippen LogP contribution in [0, 0.1) is 0 Å². The van der Waals surface area contributed by atoms with Crippen LogP contribution in [0.4, 0.5) is 5.69 Å². The first-order chi connectivity index (χ1) is 7.77. The van der Waals surface area contributed by atoms with E-state index in [0.717, 1.165) is 5.56 Å². The molecule has 1 saturated heterocycles. The summed E-state index contributed by atoms with van der Waals surface area (Å²) < 4.78 is 0. The molecule has 2 unspecified atom stereocenters. The average molecular weight is 219 g/mol. The predicted octanol–water partition coefficient (Wildman–Crippen LogP) is 2.31. The molecule has 0 bridgehead atoms. The second kappa shape index (κ2) is 4.83. The molecule has 0 saturated carbocycles. The SMILES string of the molecule is CCC1CCC(C)N1c1ccncc1CN. The van der Waals surface area contributed by atoms with E-state index in [1.54, 1.807) is 0 Å². The van der Waals surface area contributed by atoms with Crippen molar-refractivity contribution in [3.63, 3.8) is 0 Å². The molecule has 0 spiro atoms. The predicted molar refractivity (Wildman–Crippen MR) is 67.4 cm³/mol. The van der Waals surface area contributed by atoms with Gasteiger partial charge in [-0.05, 0) is 32.3 Å². The minimum absolute atomic E-state index is 0.572. The van der Waals surface area contributed by atoms with Crippen molar-refractivity contribution in [1.82, 2.24) is 4.98 Å². The third kappa shape index (κ3) is 1.92. The number of aromatic nitrogens is 1. The average Bonchev–Trinajstić information content (AvgIpc) is 2.70. The van der Waals surface area contributed by atoms with E-state index in [2.05, 4.69) is 29.8 Å². The molecule has 1 aromatic rings. The molecule has 16 heavy (non-hydrogen) atoms. The van der Waals surface area contributed by atoms with E-state index in [1.807, 2.05) is 12.4 Å². The highest BCUT2D eigenvalue weighted by Crippen LogP contribution is 2.33. The Hall–Kier alpha value is -1.09. The maximum absolute atomic E-state index is 5.78. The van der Waals surface area contributed by atoms with Crippen LogP contribution in [-0.4, -0.2) is 17.1 Å². The molecule has 3 heteroatoms. The quantitative estimate of drug-likeness (QED) is 0.848. The maximum Gasteiger partial charge on any atom is 0.0447 e. The van der Waals surface area contributed by atoms with Crippen molar-refractivity contribution in [2.75, 3.05) is 4.90 Å². The molecule has 1 aromatic heterocycles.